The third-order valence-electron chi connectivity index (χ3n) is 2.03. The molecule has 15 heavy (non-hydrogen) atoms. The fourth-order valence-corrected chi connectivity index (χ4v) is 1.31. The van der Waals surface area contributed by atoms with Crippen LogP contribution in [0.1, 0.15) is 29.3 Å². The van der Waals surface area contributed by atoms with Crippen molar-refractivity contribution in [3.05, 3.63) is 35.1 Å². The van der Waals surface area contributed by atoms with Crippen molar-refractivity contribution < 1.29 is 9.18 Å². The SMILES string of the molecule is CCC(Cl)C(=O)c1cccc(F)c1C#N. The van der Waals surface area contributed by atoms with E-state index in [9.17, 15) is 9.18 Å². The largest absolute Gasteiger partial charge is 0.292 e. The van der Waals surface area contributed by atoms with Gasteiger partial charge in [-0.1, -0.05) is 13.0 Å². The first-order valence-corrected chi connectivity index (χ1v) is 4.92. The Morgan fingerprint density at radius 2 is 2.33 bits per heavy atom. The first-order valence-electron chi connectivity index (χ1n) is 4.48. The van der Waals surface area contributed by atoms with Crippen molar-refractivity contribution in [1.82, 2.24) is 0 Å². The average molecular weight is 226 g/mol. The fourth-order valence-electron chi connectivity index (χ4n) is 1.20. The van der Waals surface area contributed by atoms with E-state index in [0.29, 0.717) is 6.42 Å². The predicted octanol–water partition coefficient (Wildman–Crippen LogP) is 2.90. The lowest BCUT2D eigenvalue weighted by Gasteiger charge is -2.07. The Hall–Kier alpha value is -1.40. The molecule has 0 aliphatic heterocycles. The quantitative estimate of drug-likeness (QED) is 0.586. The summed E-state index contributed by atoms with van der Waals surface area (Å²) in [5, 5.41) is 8.01. The van der Waals surface area contributed by atoms with Crippen molar-refractivity contribution in [3.63, 3.8) is 0 Å². The molecule has 0 saturated carbocycles. The minimum Gasteiger partial charge on any atom is -0.292 e. The van der Waals surface area contributed by atoms with E-state index < -0.39 is 17.0 Å². The van der Waals surface area contributed by atoms with Gasteiger partial charge in [-0.25, -0.2) is 4.39 Å². The number of ketones is 1. The van der Waals surface area contributed by atoms with Gasteiger partial charge in [0, 0.05) is 5.56 Å². The Morgan fingerprint density at radius 3 is 2.87 bits per heavy atom. The van der Waals surface area contributed by atoms with Gasteiger partial charge in [0.1, 0.15) is 11.9 Å². The molecule has 1 aromatic carbocycles. The summed E-state index contributed by atoms with van der Waals surface area (Å²) < 4.78 is 13.2. The molecule has 0 N–H and O–H groups in total. The molecule has 1 unspecified atom stereocenters. The van der Waals surface area contributed by atoms with E-state index in [1.165, 1.54) is 12.1 Å². The minimum atomic E-state index is -0.709. The number of rotatable bonds is 3. The number of carbonyl (C=O) groups is 1. The van der Waals surface area contributed by atoms with Crippen LogP contribution >= 0.6 is 11.6 Å². The number of hydrogen-bond donors (Lipinski definition) is 0. The van der Waals surface area contributed by atoms with Gasteiger partial charge in [0.15, 0.2) is 5.78 Å². The third kappa shape index (κ3) is 2.34. The van der Waals surface area contributed by atoms with Crippen molar-refractivity contribution in [2.75, 3.05) is 0 Å². The van der Waals surface area contributed by atoms with Crippen LogP contribution in [0.5, 0.6) is 0 Å². The zero-order valence-electron chi connectivity index (χ0n) is 8.13. The standard InChI is InChI=1S/C11H9ClFNO/c1-2-9(12)11(15)7-4-3-5-10(13)8(7)6-14/h3-5,9H,2H2,1H3. The van der Waals surface area contributed by atoms with Gasteiger partial charge in [-0.15, -0.1) is 11.6 Å². The lowest BCUT2D eigenvalue weighted by atomic mass is 10.0. The molecule has 0 saturated heterocycles. The van der Waals surface area contributed by atoms with Crippen LogP contribution in [0.4, 0.5) is 4.39 Å². The van der Waals surface area contributed by atoms with E-state index in [-0.39, 0.29) is 11.1 Å². The molecule has 2 nitrogen and oxygen atoms in total. The van der Waals surface area contributed by atoms with Gasteiger partial charge in [0.2, 0.25) is 0 Å². The number of alkyl halides is 1. The second-order valence-electron chi connectivity index (χ2n) is 3.01. The Labute approximate surface area is 92.3 Å². The molecule has 0 bridgehead atoms. The lowest BCUT2D eigenvalue weighted by Crippen LogP contribution is -2.15. The number of halogens is 2. The maximum atomic E-state index is 13.2. The normalized spacial score (nSPS) is 11.9. The van der Waals surface area contributed by atoms with Gasteiger partial charge in [-0.2, -0.15) is 5.26 Å². The molecule has 4 heteroatoms. The molecule has 78 valence electrons. The molecule has 1 rings (SSSR count). The predicted molar refractivity (Wildman–Crippen MR) is 55.4 cm³/mol. The maximum Gasteiger partial charge on any atom is 0.182 e. The molecule has 0 aromatic heterocycles. The van der Waals surface area contributed by atoms with Crippen LogP contribution in [-0.2, 0) is 0 Å². The van der Waals surface area contributed by atoms with Crippen molar-refractivity contribution in [1.29, 1.82) is 5.26 Å². The number of hydrogen-bond acceptors (Lipinski definition) is 2. The Kier molecular flexibility index (Phi) is 3.81. The van der Waals surface area contributed by atoms with Crippen LogP contribution < -0.4 is 0 Å². The lowest BCUT2D eigenvalue weighted by molar-refractivity contribution is 0.0985. The Balaban J connectivity index is 3.21. The Morgan fingerprint density at radius 1 is 1.67 bits per heavy atom. The summed E-state index contributed by atoms with van der Waals surface area (Å²) in [6.07, 6.45) is 0.446. The number of Topliss-reactive ketones (excluding diaryl/α,β-unsaturated/α-hetero) is 1. The first kappa shape index (κ1) is 11.7. The summed E-state index contributed by atoms with van der Waals surface area (Å²) in [5.41, 5.74) is -0.180. The fraction of sp³-hybridized carbons (Fsp3) is 0.273. The molecule has 0 aliphatic rings. The first-order chi connectivity index (χ1) is 7.11. The van der Waals surface area contributed by atoms with Gasteiger partial charge in [0.05, 0.1) is 10.9 Å². The van der Waals surface area contributed by atoms with E-state index in [2.05, 4.69) is 0 Å². The Bertz CT molecular complexity index is 425. The third-order valence-corrected chi connectivity index (χ3v) is 2.54. The number of carbonyl (C=O) groups excluding carboxylic acids is 1. The van der Waals surface area contributed by atoms with Crippen LogP contribution in [0.25, 0.3) is 0 Å². The molecule has 1 aromatic rings. The van der Waals surface area contributed by atoms with Crippen LogP contribution in [0.3, 0.4) is 0 Å². The average Bonchev–Trinajstić information content (AvgIpc) is 2.26. The van der Waals surface area contributed by atoms with E-state index in [1.807, 2.05) is 0 Å². The second-order valence-corrected chi connectivity index (χ2v) is 3.54. The van der Waals surface area contributed by atoms with E-state index >= 15 is 0 Å². The molecule has 0 radical (unpaired) electrons. The summed E-state index contributed by atoms with van der Waals surface area (Å²) in [6.45, 7) is 1.75. The molecule has 0 aliphatic carbocycles. The monoisotopic (exact) mass is 225 g/mol. The highest BCUT2D eigenvalue weighted by atomic mass is 35.5. The van der Waals surface area contributed by atoms with Gasteiger partial charge in [0.25, 0.3) is 0 Å². The molecule has 0 spiro atoms. The number of nitriles is 1. The summed E-state index contributed by atoms with van der Waals surface area (Å²) in [5.74, 6) is -1.10. The molecular formula is C11H9ClFNO. The van der Waals surface area contributed by atoms with E-state index in [0.717, 1.165) is 6.07 Å². The molecule has 0 fully saturated rings. The summed E-state index contributed by atoms with van der Waals surface area (Å²) >= 11 is 5.75. The highest BCUT2D eigenvalue weighted by Crippen LogP contribution is 2.17. The molecule has 0 amide bonds. The van der Waals surface area contributed by atoms with Gasteiger partial charge < -0.3 is 0 Å². The van der Waals surface area contributed by atoms with E-state index in [4.69, 9.17) is 16.9 Å². The van der Waals surface area contributed by atoms with Crippen LogP contribution in [0, 0.1) is 17.1 Å². The smallest absolute Gasteiger partial charge is 0.182 e. The van der Waals surface area contributed by atoms with Gasteiger partial charge in [-0.05, 0) is 18.6 Å². The van der Waals surface area contributed by atoms with Crippen LogP contribution in [-0.4, -0.2) is 11.2 Å². The number of benzene rings is 1. The van der Waals surface area contributed by atoms with Gasteiger partial charge in [-0.3, -0.25) is 4.79 Å². The highest BCUT2D eigenvalue weighted by molar-refractivity contribution is 6.34. The topological polar surface area (TPSA) is 40.9 Å². The molecule has 1 atom stereocenters. The minimum absolute atomic E-state index is 0.0550. The van der Waals surface area contributed by atoms with Crippen molar-refractivity contribution in [2.24, 2.45) is 0 Å². The zero-order chi connectivity index (χ0) is 11.4. The summed E-state index contributed by atoms with van der Waals surface area (Å²) in [4.78, 5) is 11.7. The second kappa shape index (κ2) is 4.90. The zero-order valence-corrected chi connectivity index (χ0v) is 8.88. The number of nitrogens with zero attached hydrogens (tertiary/aromatic N) is 1. The van der Waals surface area contributed by atoms with Crippen LogP contribution in [0.15, 0.2) is 18.2 Å². The summed E-state index contributed by atoms with van der Waals surface area (Å²) in [7, 11) is 0. The molecular weight excluding hydrogens is 217 g/mol. The van der Waals surface area contributed by atoms with E-state index in [1.54, 1.807) is 13.0 Å². The summed E-state index contributed by atoms with van der Waals surface area (Å²) in [6, 6.07) is 5.62. The van der Waals surface area contributed by atoms with Crippen LogP contribution in [0.2, 0.25) is 0 Å². The van der Waals surface area contributed by atoms with Gasteiger partial charge >= 0.3 is 0 Å². The van der Waals surface area contributed by atoms with Crippen molar-refractivity contribution >= 4 is 17.4 Å². The van der Waals surface area contributed by atoms with Crippen molar-refractivity contribution in [2.45, 2.75) is 18.7 Å². The maximum absolute atomic E-state index is 13.2. The highest BCUT2D eigenvalue weighted by Gasteiger charge is 2.20. The van der Waals surface area contributed by atoms with Crippen molar-refractivity contribution in [3.8, 4) is 6.07 Å². The molecule has 0 heterocycles.